The molecule has 1 aliphatic rings. The molecule has 0 heterocycles. The van der Waals surface area contributed by atoms with Crippen LogP contribution < -0.4 is 10.0 Å². The van der Waals surface area contributed by atoms with E-state index in [0.29, 0.717) is 12.2 Å². The van der Waals surface area contributed by atoms with Crippen molar-refractivity contribution in [2.75, 3.05) is 11.3 Å². The highest BCUT2D eigenvalue weighted by Gasteiger charge is 2.50. The number of alkyl halides is 3. The summed E-state index contributed by atoms with van der Waals surface area (Å²) >= 11 is 0. The third kappa shape index (κ3) is 6.96. The second kappa shape index (κ2) is 10.9. The molecule has 1 fully saturated rings. The molecule has 0 spiro atoms. The zero-order valence-corrected chi connectivity index (χ0v) is 19.6. The van der Waals surface area contributed by atoms with E-state index in [1.54, 1.807) is 24.3 Å². The van der Waals surface area contributed by atoms with Crippen LogP contribution in [0.15, 0.2) is 53.4 Å². The minimum atomic E-state index is -5.08. The molecule has 34 heavy (non-hydrogen) atoms. The first kappa shape index (κ1) is 27.2. The number of hydrogen-bond donors (Lipinski definition) is 3. The van der Waals surface area contributed by atoms with Gasteiger partial charge in [0.15, 0.2) is 0 Å². The standard InChI is InChI=1S/C21H26N2O3S.C2HF3O2/c1-3-15-22-20(24)21(13-14-21)17-7-9-18(10-8-17)23-27(25,26)19-11-5-16(4-2)6-12-19;3-2(4,5)1(6)7/h5-12,23H,3-4,13-15H2,1-2H3,(H,22,24);(H,6,7). The van der Waals surface area contributed by atoms with Crippen LogP contribution in [-0.4, -0.2) is 38.1 Å². The molecule has 2 aromatic carbocycles. The van der Waals surface area contributed by atoms with E-state index >= 15 is 0 Å². The van der Waals surface area contributed by atoms with Crippen molar-refractivity contribution >= 4 is 27.6 Å². The average molecular weight is 501 g/mol. The minimum Gasteiger partial charge on any atom is -0.475 e. The monoisotopic (exact) mass is 500 g/mol. The van der Waals surface area contributed by atoms with Gasteiger partial charge in [-0.2, -0.15) is 13.2 Å². The Morgan fingerprint density at radius 2 is 1.53 bits per heavy atom. The van der Waals surface area contributed by atoms with E-state index < -0.39 is 27.6 Å². The molecule has 0 aromatic heterocycles. The van der Waals surface area contributed by atoms with E-state index in [1.165, 1.54) is 0 Å². The molecule has 11 heteroatoms. The number of nitrogens with one attached hydrogen (secondary N) is 2. The van der Waals surface area contributed by atoms with Crippen LogP contribution in [0, 0.1) is 0 Å². The van der Waals surface area contributed by atoms with Crippen molar-refractivity contribution in [1.82, 2.24) is 5.32 Å². The van der Waals surface area contributed by atoms with Crippen LogP contribution in [0.1, 0.15) is 44.2 Å². The summed E-state index contributed by atoms with van der Waals surface area (Å²) in [5.74, 6) is -2.69. The molecule has 1 aliphatic carbocycles. The Kier molecular flexibility index (Phi) is 8.71. The zero-order valence-electron chi connectivity index (χ0n) is 18.8. The number of hydrogen-bond acceptors (Lipinski definition) is 4. The Bertz CT molecular complexity index is 1090. The maximum atomic E-state index is 12.5. The van der Waals surface area contributed by atoms with Gasteiger partial charge in [0, 0.05) is 12.2 Å². The SMILES string of the molecule is CCCNC(=O)C1(c2ccc(NS(=O)(=O)c3ccc(CC)cc3)cc2)CC1.O=C(O)C(F)(F)F. The number of carbonyl (C=O) groups is 2. The number of halogens is 3. The van der Waals surface area contributed by atoms with Crippen molar-refractivity contribution in [1.29, 1.82) is 0 Å². The lowest BCUT2D eigenvalue weighted by Crippen LogP contribution is -2.35. The summed E-state index contributed by atoms with van der Waals surface area (Å²) in [6, 6.07) is 14.0. The first-order valence-electron chi connectivity index (χ1n) is 10.7. The maximum absolute atomic E-state index is 12.5. The molecule has 1 amide bonds. The molecule has 0 bridgehead atoms. The van der Waals surface area contributed by atoms with Crippen LogP contribution >= 0.6 is 0 Å². The first-order chi connectivity index (χ1) is 15.9. The molecule has 3 rings (SSSR count). The molecule has 186 valence electrons. The fourth-order valence-electron chi connectivity index (χ4n) is 3.16. The van der Waals surface area contributed by atoms with Gasteiger partial charge in [-0.15, -0.1) is 0 Å². The second-order valence-corrected chi connectivity index (χ2v) is 9.50. The number of aryl methyl sites for hydroxylation is 1. The highest BCUT2D eigenvalue weighted by molar-refractivity contribution is 7.92. The molecular weight excluding hydrogens is 473 g/mol. The highest BCUT2D eigenvalue weighted by atomic mass is 32.2. The van der Waals surface area contributed by atoms with Gasteiger partial charge in [0.25, 0.3) is 10.0 Å². The molecule has 7 nitrogen and oxygen atoms in total. The van der Waals surface area contributed by atoms with Crippen molar-refractivity contribution in [3.8, 4) is 0 Å². The number of benzene rings is 2. The maximum Gasteiger partial charge on any atom is 0.490 e. The van der Waals surface area contributed by atoms with Gasteiger partial charge in [-0.05, 0) is 61.1 Å². The summed E-state index contributed by atoms with van der Waals surface area (Å²) in [7, 11) is -3.63. The van der Waals surface area contributed by atoms with E-state index in [9.17, 15) is 26.4 Å². The Balaban J connectivity index is 0.000000509. The largest absolute Gasteiger partial charge is 0.490 e. The lowest BCUT2D eigenvalue weighted by Gasteiger charge is -2.16. The Labute approximate surface area is 196 Å². The summed E-state index contributed by atoms with van der Waals surface area (Å²) in [6.07, 6.45) is -1.65. The van der Waals surface area contributed by atoms with Crippen LogP contribution in [0.25, 0.3) is 0 Å². The molecule has 1 saturated carbocycles. The normalized spacial score (nSPS) is 14.4. The van der Waals surface area contributed by atoms with Crippen LogP contribution in [0.5, 0.6) is 0 Å². The summed E-state index contributed by atoms with van der Waals surface area (Å²) in [4.78, 5) is 21.5. The predicted molar refractivity (Wildman–Crippen MR) is 121 cm³/mol. The van der Waals surface area contributed by atoms with Crippen molar-refractivity contribution in [3.05, 3.63) is 59.7 Å². The van der Waals surface area contributed by atoms with Crippen molar-refractivity contribution in [3.63, 3.8) is 0 Å². The number of anilines is 1. The van der Waals surface area contributed by atoms with E-state index in [4.69, 9.17) is 9.90 Å². The number of amides is 1. The summed E-state index contributed by atoms with van der Waals surface area (Å²) < 4.78 is 59.4. The molecule has 0 saturated heterocycles. The molecule has 3 N–H and O–H groups in total. The Morgan fingerprint density at radius 3 is 1.94 bits per heavy atom. The Morgan fingerprint density at radius 1 is 1.00 bits per heavy atom. The lowest BCUT2D eigenvalue weighted by molar-refractivity contribution is -0.192. The highest BCUT2D eigenvalue weighted by Crippen LogP contribution is 2.48. The van der Waals surface area contributed by atoms with Gasteiger partial charge in [0.05, 0.1) is 10.3 Å². The molecule has 2 aromatic rings. The van der Waals surface area contributed by atoms with Crippen LogP contribution in [-0.2, 0) is 31.4 Å². The summed E-state index contributed by atoms with van der Waals surface area (Å²) in [5.41, 5.74) is 2.08. The van der Waals surface area contributed by atoms with Crippen LogP contribution in [0.2, 0.25) is 0 Å². The topological polar surface area (TPSA) is 113 Å². The van der Waals surface area contributed by atoms with E-state index in [1.807, 2.05) is 38.1 Å². The van der Waals surface area contributed by atoms with Crippen molar-refractivity contribution in [2.45, 2.75) is 56.0 Å². The number of carboxylic acid groups (broad SMARTS) is 1. The summed E-state index contributed by atoms with van der Waals surface area (Å²) in [5, 5.41) is 10.1. The molecule has 0 aliphatic heterocycles. The smallest absolute Gasteiger partial charge is 0.475 e. The van der Waals surface area contributed by atoms with Crippen molar-refractivity contribution < 1.29 is 36.3 Å². The van der Waals surface area contributed by atoms with E-state index in [-0.39, 0.29) is 10.8 Å². The predicted octanol–water partition coefficient (Wildman–Crippen LogP) is 4.24. The van der Waals surface area contributed by atoms with Crippen LogP contribution in [0.4, 0.5) is 18.9 Å². The average Bonchev–Trinajstić information content (AvgIpc) is 3.59. The van der Waals surface area contributed by atoms with Gasteiger partial charge in [-0.1, -0.05) is 38.1 Å². The number of rotatable bonds is 8. The van der Waals surface area contributed by atoms with E-state index in [0.717, 1.165) is 36.8 Å². The lowest BCUT2D eigenvalue weighted by atomic mass is 9.95. The molecule has 0 atom stereocenters. The van der Waals surface area contributed by atoms with Gasteiger partial charge >= 0.3 is 12.1 Å². The molecule has 0 unspecified atom stereocenters. The van der Waals surface area contributed by atoms with Gasteiger partial charge < -0.3 is 10.4 Å². The zero-order chi connectivity index (χ0) is 25.6. The summed E-state index contributed by atoms with van der Waals surface area (Å²) in [6.45, 7) is 4.73. The van der Waals surface area contributed by atoms with Crippen molar-refractivity contribution in [2.24, 2.45) is 0 Å². The van der Waals surface area contributed by atoms with Crippen LogP contribution in [0.3, 0.4) is 0 Å². The molecular formula is C23H27F3N2O5S. The minimum absolute atomic E-state index is 0.0636. The third-order valence-electron chi connectivity index (χ3n) is 5.29. The first-order valence-corrected chi connectivity index (χ1v) is 12.1. The van der Waals surface area contributed by atoms with Gasteiger partial charge in [0.1, 0.15) is 0 Å². The quantitative estimate of drug-likeness (QED) is 0.502. The van der Waals surface area contributed by atoms with Gasteiger partial charge in [-0.3, -0.25) is 9.52 Å². The number of sulfonamides is 1. The Hall–Kier alpha value is -3.08. The number of carboxylic acids is 1. The third-order valence-corrected chi connectivity index (χ3v) is 6.69. The fourth-order valence-corrected chi connectivity index (χ4v) is 4.21. The van der Waals surface area contributed by atoms with E-state index in [2.05, 4.69) is 10.0 Å². The van der Waals surface area contributed by atoms with Gasteiger partial charge in [0.2, 0.25) is 5.91 Å². The number of aliphatic carboxylic acids is 1. The second-order valence-electron chi connectivity index (χ2n) is 7.82. The molecule has 0 radical (unpaired) electrons. The number of carbonyl (C=O) groups excluding carboxylic acids is 1. The van der Waals surface area contributed by atoms with Gasteiger partial charge in [-0.25, -0.2) is 13.2 Å². The fraction of sp³-hybridized carbons (Fsp3) is 0.391.